The number of nitrogens with zero attached hydrogens (tertiary/aromatic N) is 4. The Kier molecular flexibility index (Phi) is 9.98. The van der Waals surface area contributed by atoms with Crippen molar-refractivity contribution in [1.29, 1.82) is 0 Å². The van der Waals surface area contributed by atoms with Gasteiger partial charge in [0.05, 0.1) is 18.4 Å². The number of amides is 1. The van der Waals surface area contributed by atoms with Crippen LogP contribution in [-0.4, -0.2) is 59.6 Å². The molecule has 0 unspecified atom stereocenters. The fourth-order valence-corrected chi connectivity index (χ4v) is 5.83. The summed E-state index contributed by atoms with van der Waals surface area (Å²) >= 11 is 6.01. The standard InChI is InChI=1S/C31H39ClFN5O2/c1-20-8-12-34-18-24(20)19-38(26-6-7-28(40-5)27(33)17-26)25-10-14-37(15-11-25)22(3)9-13-35-31(39)30-21(2)16-29(32)36-23(30)4/h6-8,12,16-18,22,25H,9-11,13-15,19H2,1-5H3,(H,35,39)/t22-/m1/s1. The molecule has 3 heterocycles. The molecule has 0 spiro atoms. The van der Waals surface area contributed by atoms with E-state index in [2.05, 4.69) is 38.9 Å². The van der Waals surface area contributed by atoms with E-state index in [-0.39, 0.29) is 23.5 Å². The Labute approximate surface area is 241 Å². The molecule has 1 aliphatic rings. The number of anilines is 1. The lowest BCUT2D eigenvalue weighted by Crippen LogP contribution is -2.48. The second kappa shape index (κ2) is 13.4. The first-order valence-electron chi connectivity index (χ1n) is 13.8. The minimum absolute atomic E-state index is 0.113. The van der Waals surface area contributed by atoms with Gasteiger partial charge in [-0.2, -0.15) is 0 Å². The third-order valence-corrected chi connectivity index (χ3v) is 8.15. The average molecular weight is 568 g/mol. The smallest absolute Gasteiger partial charge is 0.253 e. The number of carbonyl (C=O) groups is 1. The number of halogens is 2. The van der Waals surface area contributed by atoms with Crippen LogP contribution >= 0.6 is 11.6 Å². The highest BCUT2D eigenvalue weighted by Crippen LogP contribution is 2.30. The van der Waals surface area contributed by atoms with Crippen LogP contribution in [0, 0.1) is 26.6 Å². The van der Waals surface area contributed by atoms with E-state index in [0.29, 0.717) is 35.5 Å². The lowest BCUT2D eigenvalue weighted by molar-refractivity contribution is 0.0943. The predicted molar refractivity (Wildman–Crippen MR) is 158 cm³/mol. The Balaban J connectivity index is 1.37. The minimum Gasteiger partial charge on any atom is -0.494 e. The molecule has 1 aliphatic heterocycles. The Bertz CT molecular complexity index is 1310. The number of nitrogens with one attached hydrogen (secondary N) is 1. The van der Waals surface area contributed by atoms with Crippen LogP contribution in [0.4, 0.5) is 10.1 Å². The van der Waals surface area contributed by atoms with Crippen LogP contribution in [0.15, 0.2) is 42.7 Å². The SMILES string of the molecule is COc1ccc(N(Cc2cnccc2C)C2CCN([C@H](C)CCNC(=O)c3c(C)cc(Cl)nc3C)CC2)cc1F. The van der Waals surface area contributed by atoms with Crippen molar-refractivity contribution in [2.24, 2.45) is 0 Å². The number of carbonyl (C=O) groups excluding carboxylic acids is 1. The molecule has 1 saturated heterocycles. The van der Waals surface area contributed by atoms with Crippen molar-refractivity contribution >= 4 is 23.2 Å². The molecule has 2 aromatic heterocycles. The number of pyridine rings is 2. The zero-order chi connectivity index (χ0) is 28.8. The van der Waals surface area contributed by atoms with E-state index in [4.69, 9.17) is 16.3 Å². The lowest BCUT2D eigenvalue weighted by Gasteiger charge is -2.42. The molecular formula is C31H39ClFN5O2. The van der Waals surface area contributed by atoms with E-state index < -0.39 is 0 Å². The Hall–Kier alpha value is -3.23. The normalized spacial score (nSPS) is 15.1. The van der Waals surface area contributed by atoms with Gasteiger partial charge in [-0.25, -0.2) is 9.37 Å². The molecular weight excluding hydrogens is 529 g/mol. The second-order valence-electron chi connectivity index (χ2n) is 10.6. The monoisotopic (exact) mass is 567 g/mol. The maximum atomic E-state index is 14.7. The number of methoxy groups -OCH3 is 1. The Morgan fingerprint density at radius 2 is 1.95 bits per heavy atom. The Morgan fingerprint density at radius 3 is 2.60 bits per heavy atom. The molecule has 40 heavy (non-hydrogen) atoms. The summed E-state index contributed by atoms with van der Waals surface area (Å²) in [6, 6.07) is 9.51. The molecule has 0 aliphatic carbocycles. The van der Waals surface area contributed by atoms with Crippen molar-refractivity contribution in [2.45, 2.75) is 65.6 Å². The number of piperidine rings is 1. The van der Waals surface area contributed by atoms with Gasteiger partial charge in [-0.3, -0.25) is 9.78 Å². The minimum atomic E-state index is -0.360. The first-order chi connectivity index (χ1) is 19.2. The summed E-state index contributed by atoms with van der Waals surface area (Å²) in [5.41, 5.74) is 5.21. The summed E-state index contributed by atoms with van der Waals surface area (Å²) in [4.78, 5) is 26.1. The van der Waals surface area contributed by atoms with E-state index in [9.17, 15) is 9.18 Å². The number of hydrogen-bond donors (Lipinski definition) is 1. The van der Waals surface area contributed by atoms with E-state index >= 15 is 0 Å². The molecule has 1 atom stereocenters. The zero-order valence-corrected chi connectivity index (χ0v) is 24.8. The number of aromatic nitrogens is 2. The van der Waals surface area contributed by atoms with Gasteiger partial charge in [0, 0.05) is 62.4 Å². The Morgan fingerprint density at radius 1 is 1.20 bits per heavy atom. The molecule has 214 valence electrons. The van der Waals surface area contributed by atoms with Gasteiger partial charge in [-0.05, 0) is 87.9 Å². The van der Waals surface area contributed by atoms with Crippen LogP contribution in [0.2, 0.25) is 5.15 Å². The van der Waals surface area contributed by atoms with E-state index in [0.717, 1.165) is 49.2 Å². The summed E-state index contributed by atoms with van der Waals surface area (Å²) in [5, 5.41) is 3.46. The molecule has 0 saturated carbocycles. The van der Waals surface area contributed by atoms with Gasteiger partial charge in [0.25, 0.3) is 5.91 Å². The van der Waals surface area contributed by atoms with Gasteiger partial charge < -0.3 is 19.9 Å². The van der Waals surface area contributed by atoms with Crippen LogP contribution in [0.25, 0.3) is 0 Å². The van der Waals surface area contributed by atoms with E-state index in [1.165, 1.54) is 12.7 Å². The maximum Gasteiger partial charge on any atom is 0.253 e. The lowest BCUT2D eigenvalue weighted by atomic mass is 9.99. The zero-order valence-electron chi connectivity index (χ0n) is 24.0. The molecule has 1 N–H and O–H groups in total. The van der Waals surface area contributed by atoms with Crippen molar-refractivity contribution in [3.63, 3.8) is 0 Å². The summed E-state index contributed by atoms with van der Waals surface area (Å²) in [7, 11) is 1.48. The predicted octanol–water partition coefficient (Wildman–Crippen LogP) is 5.88. The number of hydrogen-bond acceptors (Lipinski definition) is 6. The summed E-state index contributed by atoms with van der Waals surface area (Å²) < 4.78 is 19.8. The van der Waals surface area contributed by atoms with Crippen LogP contribution < -0.4 is 15.0 Å². The number of benzene rings is 1. The largest absolute Gasteiger partial charge is 0.494 e. The highest BCUT2D eigenvalue weighted by molar-refractivity contribution is 6.29. The van der Waals surface area contributed by atoms with Crippen molar-refractivity contribution in [1.82, 2.24) is 20.2 Å². The van der Waals surface area contributed by atoms with E-state index in [1.54, 1.807) is 31.3 Å². The first kappa shape index (κ1) is 29.7. The number of aryl methyl sites for hydroxylation is 3. The van der Waals surface area contributed by atoms with E-state index in [1.807, 2.05) is 25.3 Å². The fourth-order valence-electron chi connectivity index (χ4n) is 5.54. The van der Waals surface area contributed by atoms with Gasteiger partial charge >= 0.3 is 0 Å². The van der Waals surface area contributed by atoms with Gasteiger partial charge in [-0.1, -0.05) is 11.6 Å². The summed E-state index contributed by atoms with van der Waals surface area (Å²) in [5.74, 6) is -0.228. The number of ether oxygens (including phenoxy) is 1. The average Bonchev–Trinajstić information content (AvgIpc) is 2.92. The second-order valence-corrected chi connectivity index (χ2v) is 11.0. The van der Waals surface area contributed by atoms with Crippen LogP contribution in [-0.2, 0) is 6.54 Å². The molecule has 0 radical (unpaired) electrons. The molecule has 0 bridgehead atoms. The molecule has 3 aromatic rings. The highest BCUT2D eigenvalue weighted by Gasteiger charge is 2.28. The molecule has 1 aromatic carbocycles. The third kappa shape index (κ3) is 7.09. The quantitative estimate of drug-likeness (QED) is 0.308. The van der Waals surface area contributed by atoms with Crippen molar-refractivity contribution < 1.29 is 13.9 Å². The maximum absolute atomic E-state index is 14.7. The van der Waals surface area contributed by atoms with Gasteiger partial charge in [-0.15, -0.1) is 0 Å². The van der Waals surface area contributed by atoms with Gasteiger partial charge in [0.1, 0.15) is 5.15 Å². The number of rotatable bonds is 10. The van der Waals surface area contributed by atoms with Crippen molar-refractivity contribution in [3.8, 4) is 5.75 Å². The van der Waals surface area contributed by atoms with Gasteiger partial charge in [0.2, 0.25) is 0 Å². The van der Waals surface area contributed by atoms with Crippen LogP contribution in [0.1, 0.15) is 58.9 Å². The summed E-state index contributed by atoms with van der Waals surface area (Å²) in [6.45, 7) is 11.1. The third-order valence-electron chi connectivity index (χ3n) is 7.96. The van der Waals surface area contributed by atoms with Gasteiger partial charge in [0.15, 0.2) is 11.6 Å². The van der Waals surface area contributed by atoms with Crippen LogP contribution in [0.5, 0.6) is 5.75 Å². The number of likely N-dealkylation sites (tertiary alicyclic amines) is 1. The topological polar surface area (TPSA) is 70.6 Å². The van der Waals surface area contributed by atoms with Crippen molar-refractivity contribution in [3.05, 3.63) is 81.6 Å². The summed E-state index contributed by atoms with van der Waals surface area (Å²) in [6.07, 6.45) is 6.46. The molecule has 7 nitrogen and oxygen atoms in total. The molecule has 1 amide bonds. The molecule has 1 fully saturated rings. The van der Waals surface area contributed by atoms with Crippen molar-refractivity contribution in [2.75, 3.05) is 31.6 Å². The first-order valence-corrected chi connectivity index (χ1v) is 14.2. The molecule has 9 heteroatoms. The highest BCUT2D eigenvalue weighted by atomic mass is 35.5. The fraction of sp³-hybridized carbons (Fsp3) is 0.452. The molecule has 4 rings (SSSR count). The van der Waals surface area contributed by atoms with Crippen LogP contribution in [0.3, 0.4) is 0 Å².